The fourth-order valence-corrected chi connectivity index (χ4v) is 3.66. The largest absolute Gasteiger partial charge is 0.492 e. The minimum Gasteiger partial charge on any atom is -0.492 e. The van der Waals surface area contributed by atoms with E-state index in [0.717, 1.165) is 39.2 Å². The number of rotatable bonds is 5. The topological polar surface area (TPSA) is 27.1 Å². The average Bonchev–Trinajstić information content (AvgIpc) is 3.00. The number of fused-ring (bicyclic) bond motifs is 1. The molecule has 0 saturated heterocycles. The summed E-state index contributed by atoms with van der Waals surface area (Å²) >= 11 is 3.50. The molecule has 4 heteroatoms. The van der Waals surface area contributed by atoms with Gasteiger partial charge in [-0.05, 0) is 61.4 Å². The highest BCUT2D eigenvalue weighted by Gasteiger charge is 2.12. The Morgan fingerprint density at radius 2 is 1.63 bits per heavy atom. The van der Waals surface area contributed by atoms with E-state index in [9.17, 15) is 0 Å². The van der Waals surface area contributed by atoms with Crippen molar-refractivity contribution in [3.63, 3.8) is 0 Å². The smallest absolute Gasteiger partial charge is 0.141 e. The molecule has 0 aliphatic carbocycles. The van der Waals surface area contributed by atoms with Gasteiger partial charge < -0.3 is 9.30 Å². The van der Waals surface area contributed by atoms with E-state index in [1.165, 1.54) is 11.1 Å². The lowest BCUT2D eigenvalue weighted by atomic mass is 10.1. The zero-order valence-corrected chi connectivity index (χ0v) is 17.0. The maximum absolute atomic E-state index is 6.04. The van der Waals surface area contributed by atoms with Crippen LogP contribution in [-0.4, -0.2) is 16.2 Å². The highest BCUT2D eigenvalue weighted by Crippen LogP contribution is 2.26. The number of hydrogen-bond donors (Lipinski definition) is 0. The maximum Gasteiger partial charge on any atom is 0.141 e. The summed E-state index contributed by atoms with van der Waals surface area (Å²) in [5, 5.41) is 0. The highest BCUT2D eigenvalue weighted by atomic mass is 79.9. The first kappa shape index (κ1) is 17.8. The Morgan fingerprint density at radius 3 is 2.37 bits per heavy atom. The van der Waals surface area contributed by atoms with E-state index >= 15 is 0 Å². The lowest BCUT2D eigenvalue weighted by molar-refractivity contribution is 0.300. The molecule has 0 atom stereocenters. The molecule has 0 aliphatic heterocycles. The summed E-state index contributed by atoms with van der Waals surface area (Å²) in [6.45, 7) is 5.51. The van der Waals surface area contributed by atoms with Crippen molar-refractivity contribution in [3.05, 3.63) is 82.3 Å². The van der Waals surface area contributed by atoms with Gasteiger partial charge in [-0.1, -0.05) is 46.3 Å². The minimum atomic E-state index is 0.590. The standard InChI is InChI=1S/C23H21BrN2O/c1-16-13-17(2)15-20(14-16)27-12-11-26-22-6-4-3-5-21(22)25-23(26)18-7-9-19(24)10-8-18/h3-10,13-15H,11-12H2,1-2H3. The quantitative estimate of drug-likeness (QED) is 0.386. The van der Waals surface area contributed by atoms with Crippen LogP contribution in [0.2, 0.25) is 0 Å². The Morgan fingerprint density at radius 1 is 0.926 bits per heavy atom. The number of aromatic nitrogens is 2. The highest BCUT2D eigenvalue weighted by molar-refractivity contribution is 9.10. The number of aryl methyl sites for hydroxylation is 2. The first-order chi connectivity index (χ1) is 13.1. The number of para-hydroxylation sites is 2. The maximum atomic E-state index is 6.04. The number of hydrogen-bond acceptors (Lipinski definition) is 2. The molecule has 0 bridgehead atoms. The zero-order chi connectivity index (χ0) is 18.8. The third-order valence-electron chi connectivity index (χ3n) is 4.54. The summed E-state index contributed by atoms with van der Waals surface area (Å²) in [4.78, 5) is 4.86. The van der Waals surface area contributed by atoms with Gasteiger partial charge in [0.2, 0.25) is 0 Å². The van der Waals surface area contributed by atoms with Crippen LogP contribution >= 0.6 is 15.9 Å². The van der Waals surface area contributed by atoms with Crippen molar-refractivity contribution < 1.29 is 4.74 Å². The van der Waals surface area contributed by atoms with Gasteiger partial charge in [-0.15, -0.1) is 0 Å². The first-order valence-corrected chi connectivity index (χ1v) is 9.82. The van der Waals surface area contributed by atoms with Crippen molar-refractivity contribution >= 4 is 27.0 Å². The third-order valence-corrected chi connectivity index (χ3v) is 5.06. The number of halogens is 1. The lowest BCUT2D eigenvalue weighted by Crippen LogP contribution is -2.09. The van der Waals surface area contributed by atoms with Crippen molar-refractivity contribution in [1.82, 2.24) is 9.55 Å². The van der Waals surface area contributed by atoms with Crippen molar-refractivity contribution in [2.45, 2.75) is 20.4 Å². The molecular weight excluding hydrogens is 400 g/mol. The van der Waals surface area contributed by atoms with E-state index in [1.807, 2.05) is 18.2 Å². The third kappa shape index (κ3) is 3.91. The predicted octanol–water partition coefficient (Wildman–Crippen LogP) is 6.16. The monoisotopic (exact) mass is 420 g/mol. The van der Waals surface area contributed by atoms with Gasteiger partial charge in [0.05, 0.1) is 17.6 Å². The Hall–Kier alpha value is -2.59. The molecular formula is C23H21BrN2O. The predicted molar refractivity (Wildman–Crippen MR) is 114 cm³/mol. The summed E-state index contributed by atoms with van der Waals surface area (Å²) in [6, 6.07) is 22.8. The normalized spacial score (nSPS) is 11.1. The van der Waals surface area contributed by atoms with Crippen molar-refractivity contribution in [2.24, 2.45) is 0 Å². The second-order valence-corrected chi connectivity index (χ2v) is 7.67. The molecule has 0 amide bonds. The Balaban J connectivity index is 1.63. The van der Waals surface area contributed by atoms with Crippen LogP contribution in [0.5, 0.6) is 5.75 Å². The van der Waals surface area contributed by atoms with E-state index < -0.39 is 0 Å². The van der Waals surface area contributed by atoms with E-state index in [2.05, 4.69) is 82.9 Å². The number of benzene rings is 3. The Bertz CT molecular complexity index is 1060. The lowest BCUT2D eigenvalue weighted by Gasteiger charge is -2.12. The van der Waals surface area contributed by atoms with Gasteiger partial charge in [-0.25, -0.2) is 4.98 Å². The van der Waals surface area contributed by atoms with Gasteiger partial charge >= 0.3 is 0 Å². The Kier molecular flexibility index (Phi) is 4.99. The van der Waals surface area contributed by atoms with Gasteiger partial charge in [-0.2, -0.15) is 0 Å². The molecule has 4 aromatic rings. The fourth-order valence-electron chi connectivity index (χ4n) is 3.39. The second-order valence-electron chi connectivity index (χ2n) is 6.75. The molecule has 3 aromatic carbocycles. The van der Waals surface area contributed by atoms with Crippen LogP contribution in [0.4, 0.5) is 0 Å². The van der Waals surface area contributed by atoms with Crippen LogP contribution in [0.3, 0.4) is 0 Å². The van der Waals surface area contributed by atoms with Crippen LogP contribution in [0, 0.1) is 13.8 Å². The molecule has 0 unspecified atom stereocenters. The zero-order valence-electron chi connectivity index (χ0n) is 15.4. The van der Waals surface area contributed by atoms with E-state index in [4.69, 9.17) is 9.72 Å². The van der Waals surface area contributed by atoms with Crippen LogP contribution in [0.15, 0.2) is 71.2 Å². The molecule has 0 N–H and O–H groups in total. The molecule has 136 valence electrons. The molecule has 4 rings (SSSR count). The molecule has 0 radical (unpaired) electrons. The molecule has 0 fully saturated rings. The van der Waals surface area contributed by atoms with Crippen LogP contribution in [0.25, 0.3) is 22.4 Å². The van der Waals surface area contributed by atoms with E-state index in [0.29, 0.717) is 6.61 Å². The molecule has 27 heavy (non-hydrogen) atoms. The number of nitrogens with zero attached hydrogens (tertiary/aromatic N) is 2. The van der Waals surface area contributed by atoms with Crippen LogP contribution < -0.4 is 4.74 Å². The van der Waals surface area contributed by atoms with Gasteiger partial charge in [0.1, 0.15) is 18.2 Å². The van der Waals surface area contributed by atoms with Gasteiger partial charge in [0.25, 0.3) is 0 Å². The molecule has 3 nitrogen and oxygen atoms in total. The van der Waals surface area contributed by atoms with Gasteiger partial charge in [0.15, 0.2) is 0 Å². The van der Waals surface area contributed by atoms with Crippen LogP contribution in [-0.2, 0) is 6.54 Å². The molecule has 0 aliphatic rings. The first-order valence-electron chi connectivity index (χ1n) is 9.02. The SMILES string of the molecule is Cc1cc(C)cc(OCCn2c(-c3ccc(Br)cc3)nc3ccccc32)c1. The fraction of sp³-hybridized carbons (Fsp3) is 0.174. The summed E-state index contributed by atoms with van der Waals surface area (Å²) < 4.78 is 9.34. The van der Waals surface area contributed by atoms with E-state index in [1.54, 1.807) is 0 Å². The summed E-state index contributed by atoms with van der Waals surface area (Å²) in [5.41, 5.74) is 5.66. The Labute approximate surface area is 167 Å². The summed E-state index contributed by atoms with van der Waals surface area (Å²) in [7, 11) is 0. The molecule has 1 aromatic heterocycles. The second kappa shape index (κ2) is 7.57. The number of imidazole rings is 1. The number of ether oxygens (including phenoxy) is 1. The van der Waals surface area contributed by atoms with Crippen molar-refractivity contribution in [1.29, 1.82) is 0 Å². The molecule has 0 saturated carbocycles. The van der Waals surface area contributed by atoms with E-state index in [-0.39, 0.29) is 0 Å². The summed E-state index contributed by atoms with van der Waals surface area (Å²) in [6.07, 6.45) is 0. The molecule has 0 spiro atoms. The molecule has 1 heterocycles. The average molecular weight is 421 g/mol. The van der Waals surface area contributed by atoms with Gasteiger partial charge in [0, 0.05) is 10.0 Å². The minimum absolute atomic E-state index is 0.590. The van der Waals surface area contributed by atoms with Gasteiger partial charge in [-0.3, -0.25) is 0 Å². The van der Waals surface area contributed by atoms with Crippen molar-refractivity contribution in [2.75, 3.05) is 6.61 Å². The van der Waals surface area contributed by atoms with Crippen LogP contribution in [0.1, 0.15) is 11.1 Å². The van der Waals surface area contributed by atoms with Crippen molar-refractivity contribution in [3.8, 4) is 17.1 Å². The summed E-state index contributed by atoms with van der Waals surface area (Å²) in [5.74, 6) is 1.88.